The van der Waals surface area contributed by atoms with Crippen molar-refractivity contribution in [3.05, 3.63) is 58.4 Å². The number of aromatic nitrogens is 5. The summed E-state index contributed by atoms with van der Waals surface area (Å²) >= 11 is 5.52. The first kappa shape index (κ1) is 19.5. The van der Waals surface area contributed by atoms with Crippen LogP contribution in [0.1, 0.15) is 29.9 Å². The van der Waals surface area contributed by atoms with Gasteiger partial charge in [-0.05, 0) is 45.1 Å². The molecule has 0 spiro atoms. The van der Waals surface area contributed by atoms with Crippen molar-refractivity contribution in [2.24, 2.45) is 0 Å². The highest BCUT2D eigenvalue weighted by atomic mass is 32.1. The Morgan fingerprint density at radius 2 is 2.00 bits per heavy atom. The average Bonchev–Trinajstić information content (AvgIpc) is 3.22. The second kappa shape index (κ2) is 7.92. The molecule has 2 aromatic heterocycles. The van der Waals surface area contributed by atoms with Gasteiger partial charge in [0.05, 0.1) is 18.1 Å². The van der Waals surface area contributed by atoms with Crippen LogP contribution in [0.5, 0.6) is 0 Å². The fourth-order valence-corrected chi connectivity index (χ4v) is 4.19. The summed E-state index contributed by atoms with van der Waals surface area (Å²) in [4.78, 5) is 15.1. The van der Waals surface area contributed by atoms with E-state index in [2.05, 4.69) is 15.3 Å². The largest absolute Gasteiger partial charge is 0.353 e. The van der Waals surface area contributed by atoms with Crippen LogP contribution in [0.15, 0.2) is 36.7 Å². The summed E-state index contributed by atoms with van der Waals surface area (Å²) in [5.41, 5.74) is 3.73. The number of benzene rings is 1. The number of para-hydroxylation sites is 1. The molecule has 1 unspecified atom stereocenters. The van der Waals surface area contributed by atoms with Crippen molar-refractivity contribution in [2.75, 3.05) is 13.1 Å². The van der Waals surface area contributed by atoms with E-state index >= 15 is 0 Å². The molecular weight excluding hydrogens is 386 g/mol. The van der Waals surface area contributed by atoms with Gasteiger partial charge in [0.25, 0.3) is 0 Å². The van der Waals surface area contributed by atoms with Crippen LogP contribution in [0.4, 0.5) is 0 Å². The lowest BCUT2D eigenvalue weighted by Gasteiger charge is -2.35. The Balaban J connectivity index is 1.73. The summed E-state index contributed by atoms with van der Waals surface area (Å²) in [6, 6.07) is 9.53. The molecule has 3 heterocycles. The Hall–Kier alpha value is -2.78. The molecule has 0 bridgehead atoms. The number of nitrogens with one attached hydrogen (secondary N) is 1. The summed E-state index contributed by atoms with van der Waals surface area (Å²) in [5, 5.41) is 12.1. The first-order chi connectivity index (χ1) is 14.0. The summed E-state index contributed by atoms with van der Waals surface area (Å²) in [7, 11) is 0. The molecule has 1 amide bonds. The number of aryl methyl sites for hydroxylation is 2. The predicted octanol–water partition coefficient (Wildman–Crippen LogP) is 2.37. The van der Waals surface area contributed by atoms with Crippen LogP contribution in [-0.2, 0) is 18.0 Å². The van der Waals surface area contributed by atoms with E-state index < -0.39 is 6.04 Å². The Morgan fingerprint density at radius 3 is 2.69 bits per heavy atom. The maximum Gasteiger partial charge on any atom is 0.242 e. The van der Waals surface area contributed by atoms with Crippen molar-refractivity contribution in [2.45, 2.75) is 40.0 Å². The Labute approximate surface area is 174 Å². The molecule has 1 atom stereocenters. The normalized spacial score (nSPS) is 17.5. The van der Waals surface area contributed by atoms with Crippen LogP contribution in [-0.4, -0.2) is 48.0 Å². The van der Waals surface area contributed by atoms with Gasteiger partial charge in [0.2, 0.25) is 5.91 Å². The maximum atomic E-state index is 12.9. The zero-order chi connectivity index (χ0) is 20.5. The molecule has 0 aliphatic carbocycles. The molecule has 1 saturated heterocycles. The fourth-order valence-electron chi connectivity index (χ4n) is 3.91. The smallest absolute Gasteiger partial charge is 0.242 e. The molecule has 3 aromatic rings. The van der Waals surface area contributed by atoms with Gasteiger partial charge in [-0.1, -0.05) is 18.2 Å². The van der Waals surface area contributed by atoms with Gasteiger partial charge in [0, 0.05) is 30.9 Å². The number of rotatable bonds is 5. The van der Waals surface area contributed by atoms with Crippen molar-refractivity contribution in [1.82, 2.24) is 34.3 Å². The zero-order valence-electron chi connectivity index (χ0n) is 16.9. The number of carbonyl (C=O) groups excluding carboxylic acids is 1. The van der Waals surface area contributed by atoms with Crippen LogP contribution >= 0.6 is 12.2 Å². The lowest BCUT2D eigenvalue weighted by Crippen LogP contribution is -2.50. The van der Waals surface area contributed by atoms with Gasteiger partial charge in [-0.3, -0.25) is 9.69 Å². The average molecular weight is 412 g/mol. The summed E-state index contributed by atoms with van der Waals surface area (Å²) in [6.07, 6.45) is 1.74. The highest BCUT2D eigenvalue weighted by molar-refractivity contribution is 7.71. The van der Waals surface area contributed by atoms with Crippen molar-refractivity contribution < 1.29 is 4.79 Å². The minimum Gasteiger partial charge on any atom is -0.353 e. The Morgan fingerprint density at radius 1 is 1.24 bits per heavy atom. The molecule has 1 fully saturated rings. The topological polar surface area (TPSA) is 72.9 Å². The van der Waals surface area contributed by atoms with E-state index in [0.29, 0.717) is 24.5 Å². The van der Waals surface area contributed by atoms with Gasteiger partial charge >= 0.3 is 0 Å². The lowest BCUT2D eigenvalue weighted by atomic mass is 10.0. The number of hydrogen-bond donors (Lipinski definition) is 1. The van der Waals surface area contributed by atoms with Crippen LogP contribution in [0.2, 0.25) is 0 Å². The van der Waals surface area contributed by atoms with Crippen LogP contribution < -0.4 is 5.32 Å². The van der Waals surface area contributed by atoms with Crippen molar-refractivity contribution in [3.63, 3.8) is 0 Å². The predicted molar refractivity (Wildman–Crippen MR) is 112 cm³/mol. The van der Waals surface area contributed by atoms with Gasteiger partial charge in [-0.25, -0.2) is 9.36 Å². The van der Waals surface area contributed by atoms with E-state index in [1.165, 1.54) is 0 Å². The third-order valence-electron chi connectivity index (χ3n) is 5.39. The zero-order valence-corrected chi connectivity index (χ0v) is 17.7. The van der Waals surface area contributed by atoms with Crippen LogP contribution in [0.3, 0.4) is 0 Å². The Kier molecular flexibility index (Phi) is 5.33. The Bertz CT molecular complexity index is 1080. The maximum absolute atomic E-state index is 12.9. The van der Waals surface area contributed by atoms with Gasteiger partial charge in [0.1, 0.15) is 12.4 Å². The van der Waals surface area contributed by atoms with E-state index in [1.54, 1.807) is 11.0 Å². The summed E-state index contributed by atoms with van der Waals surface area (Å²) in [6.45, 7) is 8.54. The monoisotopic (exact) mass is 411 g/mol. The number of nitrogens with zero attached hydrogens (tertiary/aromatic N) is 6. The van der Waals surface area contributed by atoms with E-state index in [4.69, 9.17) is 17.3 Å². The van der Waals surface area contributed by atoms with Gasteiger partial charge < -0.3 is 9.88 Å². The molecule has 152 valence electrons. The molecule has 8 nitrogen and oxygen atoms in total. The van der Waals surface area contributed by atoms with Gasteiger partial charge in [0.15, 0.2) is 4.77 Å². The van der Waals surface area contributed by atoms with Crippen molar-refractivity contribution in [1.29, 1.82) is 0 Å². The van der Waals surface area contributed by atoms with E-state index in [0.717, 1.165) is 29.2 Å². The quantitative estimate of drug-likeness (QED) is 0.653. The minimum absolute atomic E-state index is 0.0171. The first-order valence-corrected chi connectivity index (χ1v) is 10.2. The van der Waals surface area contributed by atoms with Gasteiger partial charge in [-0.2, -0.15) is 10.2 Å². The molecule has 4 rings (SSSR count). The third kappa shape index (κ3) is 3.51. The molecule has 0 radical (unpaired) electrons. The molecule has 1 aliphatic heterocycles. The molecule has 9 heteroatoms. The third-order valence-corrected chi connectivity index (χ3v) is 5.83. The number of amides is 1. The second-order valence-electron chi connectivity index (χ2n) is 7.18. The van der Waals surface area contributed by atoms with Crippen LogP contribution in [0, 0.1) is 18.6 Å². The number of piperazine rings is 1. The first-order valence-electron chi connectivity index (χ1n) is 9.76. The van der Waals surface area contributed by atoms with E-state index in [-0.39, 0.29) is 5.91 Å². The fraction of sp³-hybridized carbons (Fsp3) is 0.400. The molecule has 1 aliphatic rings. The van der Waals surface area contributed by atoms with E-state index in [9.17, 15) is 4.79 Å². The van der Waals surface area contributed by atoms with Crippen molar-refractivity contribution in [3.8, 4) is 5.69 Å². The molecular formula is C20H25N7OS. The lowest BCUT2D eigenvalue weighted by molar-refractivity contribution is -0.130. The number of hydrogen-bond acceptors (Lipinski definition) is 5. The standard InChI is InChI=1S/C20H25N7OS/c1-4-24-12-22-26(20(24)29)13-25-11-10-21-19(28)18(25)17-14(2)23-27(15(17)3)16-8-6-5-7-9-16/h5-9,12,18H,4,10-11,13H2,1-3H3,(H,21,28). The van der Waals surface area contributed by atoms with Crippen LogP contribution in [0.25, 0.3) is 5.69 Å². The summed E-state index contributed by atoms with van der Waals surface area (Å²) < 4.78 is 6.25. The highest BCUT2D eigenvalue weighted by Gasteiger charge is 2.35. The second-order valence-corrected chi connectivity index (χ2v) is 7.54. The number of carbonyl (C=O) groups is 1. The molecule has 29 heavy (non-hydrogen) atoms. The highest BCUT2D eigenvalue weighted by Crippen LogP contribution is 2.30. The van der Waals surface area contributed by atoms with E-state index in [1.807, 2.05) is 60.4 Å². The minimum atomic E-state index is -0.435. The molecule has 1 aromatic carbocycles. The van der Waals surface area contributed by atoms with Gasteiger partial charge in [-0.15, -0.1) is 0 Å². The molecule has 0 saturated carbocycles. The van der Waals surface area contributed by atoms with Crippen molar-refractivity contribution >= 4 is 18.1 Å². The molecule has 1 N–H and O–H groups in total. The SMILES string of the molecule is CCn1cnn(CN2CCNC(=O)C2c2c(C)nn(-c3ccccc3)c2C)c1=S. The summed E-state index contributed by atoms with van der Waals surface area (Å²) in [5.74, 6) is -0.0171.